The molecule has 0 bridgehead atoms. The molecule has 2 nitrogen and oxygen atoms in total. The van der Waals surface area contributed by atoms with Gasteiger partial charge in [0.25, 0.3) is 0 Å². The van der Waals surface area contributed by atoms with Crippen molar-refractivity contribution in [2.75, 3.05) is 5.32 Å². The summed E-state index contributed by atoms with van der Waals surface area (Å²) in [6.45, 7) is 0. The smallest absolute Gasteiger partial charge is 0.248 e. The zero-order valence-corrected chi connectivity index (χ0v) is 11.0. The van der Waals surface area contributed by atoms with E-state index < -0.39 is 17.5 Å². The van der Waals surface area contributed by atoms with Crippen LogP contribution >= 0.6 is 11.6 Å². The van der Waals surface area contributed by atoms with E-state index >= 15 is 0 Å². The zero-order chi connectivity index (χ0) is 14.5. The molecule has 0 fully saturated rings. The van der Waals surface area contributed by atoms with Crippen LogP contribution in [-0.4, -0.2) is 5.91 Å². The summed E-state index contributed by atoms with van der Waals surface area (Å²) in [7, 11) is 0. The molecule has 2 aromatic carbocycles. The van der Waals surface area contributed by atoms with Gasteiger partial charge >= 0.3 is 0 Å². The van der Waals surface area contributed by atoms with Gasteiger partial charge in [-0.2, -0.15) is 0 Å². The van der Waals surface area contributed by atoms with Crippen LogP contribution in [0.25, 0.3) is 6.08 Å². The largest absolute Gasteiger partial charge is 0.322 e. The van der Waals surface area contributed by atoms with E-state index in [1.165, 1.54) is 12.2 Å². The molecular formula is C15H10ClF2NO. The summed E-state index contributed by atoms with van der Waals surface area (Å²) in [5, 5.41) is 2.87. The quantitative estimate of drug-likeness (QED) is 0.841. The van der Waals surface area contributed by atoms with Crippen molar-refractivity contribution in [3.8, 4) is 0 Å². The van der Waals surface area contributed by atoms with Gasteiger partial charge < -0.3 is 5.32 Å². The molecule has 0 atom stereocenters. The highest BCUT2D eigenvalue weighted by Gasteiger charge is 2.03. The maximum absolute atomic E-state index is 13.0. The lowest BCUT2D eigenvalue weighted by molar-refractivity contribution is -0.111. The fraction of sp³-hybridized carbons (Fsp3) is 0. The van der Waals surface area contributed by atoms with E-state index in [0.29, 0.717) is 10.6 Å². The number of hydrogen-bond acceptors (Lipinski definition) is 1. The molecular weight excluding hydrogens is 284 g/mol. The highest BCUT2D eigenvalue weighted by molar-refractivity contribution is 6.32. The van der Waals surface area contributed by atoms with Gasteiger partial charge in [0.15, 0.2) is 0 Å². The molecule has 0 aromatic heterocycles. The van der Waals surface area contributed by atoms with E-state index in [-0.39, 0.29) is 5.69 Å². The molecule has 102 valence electrons. The first-order valence-corrected chi connectivity index (χ1v) is 6.12. The highest BCUT2D eigenvalue weighted by atomic mass is 35.5. The van der Waals surface area contributed by atoms with Gasteiger partial charge in [-0.05, 0) is 29.8 Å². The van der Waals surface area contributed by atoms with Crippen molar-refractivity contribution in [1.29, 1.82) is 0 Å². The van der Waals surface area contributed by atoms with Crippen molar-refractivity contribution in [3.05, 3.63) is 70.8 Å². The average molecular weight is 294 g/mol. The summed E-state index contributed by atoms with van der Waals surface area (Å²) in [4.78, 5) is 11.6. The Kier molecular flexibility index (Phi) is 4.48. The monoisotopic (exact) mass is 293 g/mol. The van der Waals surface area contributed by atoms with Crippen LogP contribution in [-0.2, 0) is 4.79 Å². The van der Waals surface area contributed by atoms with Crippen LogP contribution in [0.15, 0.2) is 48.5 Å². The van der Waals surface area contributed by atoms with Gasteiger partial charge in [-0.3, -0.25) is 4.79 Å². The molecule has 0 saturated heterocycles. The Morgan fingerprint density at radius 1 is 1.10 bits per heavy atom. The molecule has 2 rings (SSSR count). The Labute approximate surface area is 119 Å². The predicted octanol–water partition coefficient (Wildman–Crippen LogP) is 4.27. The first-order chi connectivity index (χ1) is 9.54. The first kappa shape index (κ1) is 14.2. The van der Waals surface area contributed by atoms with E-state index in [4.69, 9.17) is 11.6 Å². The van der Waals surface area contributed by atoms with Crippen LogP contribution in [0.4, 0.5) is 14.5 Å². The van der Waals surface area contributed by atoms with Crippen LogP contribution in [0.2, 0.25) is 5.02 Å². The number of carbonyl (C=O) groups excluding carboxylic acids is 1. The van der Waals surface area contributed by atoms with Gasteiger partial charge in [-0.1, -0.05) is 29.8 Å². The fourth-order valence-electron chi connectivity index (χ4n) is 1.59. The lowest BCUT2D eigenvalue weighted by atomic mass is 10.2. The van der Waals surface area contributed by atoms with Crippen molar-refractivity contribution in [2.45, 2.75) is 0 Å². The molecule has 5 heteroatoms. The van der Waals surface area contributed by atoms with Crippen molar-refractivity contribution < 1.29 is 13.6 Å². The van der Waals surface area contributed by atoms with Gasteiger partial charge in [0, 0.05) is 22.9 Å². The van der Waals surface area contributed by atoms with Gasteiger partial charge in [0.1, 0.15) is 11.6 Å². The van der Waals surface area contributed by atoms with Gasteiger partial charge in [-0.15, -0.1) is 0 Å². The summed E-state index contributed by atoms with van der Waals surface area (Å²) in [5.74, 6) is -2.01. The van der Waals surface area contributed by atoms with E-state index in [1.807, 2.05) is 0 Å². The minimum Gasteiger partial charge on any atom is -0.322 e. The molecule has 0 spiro atoms. The van der Waals surface area contributed by atoms with Crippen LogP contribution in [0, 0.1) is 11.6 Å². The Morgan fingerprint density at radius 3 is 2.40 bits per heavy atom. The lowest BCUT2D eigenvalue weighted by Crippen LogP contribution is -2.08. The summed E-state index contributed by atoms with van der Waals surface area (Å²) in [6, 6.07) is 9.79. The van der Waals surface area contributed by atoms with Crippen LogP contribution in [0.5, 0.6) is 0 Å². The Balaban J connectivity index is 2.07. The second-order valence-electron chi connectivity index (χ2n) is 4.00. The topological polar surface area (TPSA) is 29.1 Å². The summed E-state index contributed by atoms with van der Waals surface area (Å²) >= 11 is 5.93. The van der Waals surface area contributed by atoms with Gasteiger partial charge in [-0.25, -0.2) is 8.78 Å². The van der Waals surface area contributed by atoms with Crippen LogP contribution in [0.1, 0.15) is 5.56 Å². The predicted molar refractivity (Wildman–Crippen MR) is 75.5 cm³/mol. The average Bonchev–Trinajstić information content (AvgIpc) is 2.36. The second kappa shape index (κ2) is 6.30. The summed E-state index contributed by atoms with van der Waals surface area (Å²) in [5.41, 5.74) is 0.728. The minimum absolute atomic E-state index is 0.0521. The van der Waals surface area contributed by atoms with E-state index in [9.17, 15) is 13.6 Å². The first-order valence-electron chi connectivity index (χ1n) is 5.74. The van der Waals surface area contributed by atoms with Crippen molar-refractivity contribution in [1.82, 2.24) is 0 Å². The number of benzene rings is 2. The second-order valence-corrected chi connectivity index (χ2v) is 4.41. The molecule has 0 aliphatic rings. The Morgan fingerprint density at radius 2 is 1.75 bits per heavy atom. The SMILES string of the molecule is O=C(/C=C/c1ccccc1Cl)Nc1cc(F)cc(F)c1. The molecule has 0 radical (unpaired) electrons. The number of halogens is 3. The molecule has 0 saturated carbocycles. The molecule has 0 unspecified atom stereocenters. The Bertz CT molecular complexity index is 650. The number of nitrogens with one attached hydrogen (secondary N) is 1. The molecule has 20 heavy (non-hydrogen) atoms. The van der Waals surface area contributed by atoms with Crippen molar-refractivity contribution in [3.63, 3.8) is 0 Å². The maximum Gasteiger partial charge on any atom is 0.248 e. The number of anilines is 1. The van der Waals surface area contributed by atoms with E-state index in [1.54, 1.807) is 24.3 Å². The molecule has 0 heterocycles. The molecule has 0 aliphatic heterocycles. The lowest BCUT2D eigenvalue weighted by Gasteiger charge is -2.02. The highest BCUT2D eigenvalue weighted by Crippen LogP contribution is 2.17. The van der Waals surface area contributed by atoms with Crippen LogP contribution < -0.4 is 5.32 Å². The fourth-order valence-corrected chi connectivity index (χ4v) is 1.78. The zero-order valence-electron chi connectivity index (χ0n) is 10.2. The normalized spacial score (nSPS) is 10.8. The number of amides is 1. The number of carbonyl (C=O) groups is 1. The molecule has 1 N–H and O–H groups in total. The summed E-state index contributed by atoms with van der Waals surface area (Å²) in [6.07, 6.45) is 2.76. The van der Waals surface area contributed by atoms with Gasteiger partial charge in [0.05, 0.1) is 0 Å². The Hall–Kier alpha value is -2.20. The molecule has 2 aromatic rings. The van der Waals surface area contributed by atoms with Gasteiger partial charge in [0.2, 0.25) is 5.91 Å². The third-order valence-electron chi connectivity index (χ3n) is 2.45. The third kappa shape index (κ3) is 3.90. The van der Waals surface area contributed by atoms with Crippen molar-refractivity contribution >= 4 is 29.3 Å². The third-order valence-corrected chi connectivity index (χ3v) is 2.79. The van der Waals surface area contributed by atoms with Crippen molar-refractivity contribution in [2.24, 2.45) is 0 Å². The molecule has 1 amide bonds. The summed E-state index contributed by atoms with van der Waals surface area (Å²) < 4.78 is 25.9. The number of hydrogen-bond donors (Lipinski definition) is 1. The van der Waals surface area contributed by atoms with E-state index in [0.717, 1.165) is 18.2 Å². The number of rotatable bonds is 3. The standard InChI is InChI=1S/C15H10ClF2NO/c16-14-4-2-1-3-10(14)5-6-15(20)19-13-8-11(17)7-12(18)9-13/h1-9H,(H,19,20)/b6-5+. The molecule has 0 aliphatic carbocycles. The van der Waals surface area contributed by atoms with E-state index in [2.05, 4.69) is 5.32 Å². The minimum atomic E-state index is -0.754. The van der Waals surface area contributed by atoms with Crippen LogP contribution in [0.3, 0.4) is 0 Å². The maximum atomic E-state index is 13.0.